The number of thioether (sulfide) groups is 1. The Balaban J connectivity index is 1.57. The molecule has 0 saturated heterocycles. The van der Waals surface area contributed by atoms with E-state index >= 15 is 0 Å². The molecule has 4 aromatic rings. The summed E-state index contributed by atoms with van der Waals surface area (Å²) in [6, 6.07) is 17.2. The SMILES string of the molecule is COC(=O)c1ccc(SCC(C2CCCCC2)n2c(-c3ccc(Cl)cc3)nc3cc(F)c(F)cc32)cc1. The Hall–Kier alpha value is -2.90. The quantitative estimate of drug-likeness (QED) is 0.174. The Morgan fingerprint density at radius 1 is 1.05 bits per heavy atom. The van der Waals surface area contributed by atoms with Crippen molar-refractivity contribution in [2.45, 2.75) is 43.0 Å². The highest BCUT2D eigenvalue weighted by Gasteiger charge is 2.30. The number of halogens is 3. The van der Waals surface area contributed by atoms with Gasteiger partial charge in [0.05, 0.1) is 23.7 Å². The Morgan fingerprint density at radius 2 is 1.73 bits per heavy atom. The second-order valence-electron chi connectivity index (χ2n) is 9.36. The molecule has 0 aliphatic heterocycles. The summed E-state index contributed by atoms with van der Waals surface area (Å²) < 4.78 is 35.6. The lowest BCUT2D eigenvalue weighted by atomic mass is 9.84. The number of hydrogen-bond donors (Lipinski definition) is 0. The first-order chi connectivity index (χ1) is 17.9. The van der Waals surface area contributed by atoms with Gasteiger partial charge in [0.15, 0.2) is 11.6 Å². The third kappa shape index (κ3) is 5.53. The zero-order valence-electron chi connectivity index (χ0n) is 20.4. The highest BCUT2D eigenvalue weighted by molar-refractivity contribution is 7.99. The Labute approximate surface area is 224 Å². The van der Waals surface area contributed by atoms with Crippen LogP contribution in [0.2, 0.25) is 5.02 Å². The highest BCUT2D eigenvalue weighted by Crippen LogP contribution is 2.41. The molecule has 1 unspecified atom stereocenters. The fourth-order valence-electron chi connectivity index (χ4n) is 5.16. The summed E-state index contributed by atoms with van der Waals surface area (Å²) in [7, 11) is 1.36. The van der Waals surface area contributed by atoms with Crippen molar-refractivity contribution in [1.29, 1.82) is 0 Å². The highest BCUT2D eigenvalue weighted by atomic mass is 35.5. The molecule has 1 saturated carbocycles. The molecule has 0 radical (unpaired) electrons. The maximum absolute atomic E-state index is 14.5. The molecule has 192 valence electrons. The number of rotatable bonds is 7. The summed E-state index contributed by atoms with van der Waals surface area (Å²) in [5.74, 6) is -0.406. The number of benzene rings is 3. The van der Waals surface area contributed by atoms with Crippen LogP contribution in [-0.4, -0.2) is 28.4 Å². The normalized spacial score (nSPS) is 15.1. The molecule has 8 heteroatoms. The monoisotopic (exact) mass is 540 g/mol. The molecule has 1 heterocycles. The molecule has 3 aromatic carbocycles. The van der Waals surface area contributed by atoms with Crippen LogP contribution in [0.3, 0.4) is 0 Å². The van der Waals surface area contributed by atoms with Gasteiger partial charge in [-0.25, -0.2) is 18.6 Å². The van der Waals surface area contributed by atoms with E-state index in [9.17, 15) is 13.6 Å². The molecule has 1 fully saturated rings. The van der Waals surface area contributed by atoms with Crippen molar-refractivity contribution in [3.05, 3.63) is 82.9 Å². The van der Waals surface area contributed by atoms with Crippen LogP contribution in [0.4, 0.5) is 8.78 Å². The summed E-state index contributed by atoms with van der Waals surface area (Å²) in [6.07, 6.45) is 5.63. The predicted molar refractivity (Wildman–Crippen MR) is 144 cm³/mol. The van der Waals surface area contributed by atoms with E-state index in [4.69, 9.17) is 21.3 Å². The van der Waals surface area contributed by atoms with Gasteiger partial charge >= 0.3 is 5.97 Å². The topological polar surface area (TPSA) is 44.1 Å². The number of methoxy groups -OCH3 is 1. The van der Waals surface area contributed by atoms with Gasteiger partial charge < -0.3 is 9.30 Å². The average Bonchev–Trinajstić information content (AvgIpc) is 3.27. The fraction of sp³-hybridized carbons (Fsp3) is 0.310. The Kier molecular flexibility index (Phi) is 7.81. The van der Waals surface area contributed by atoms with Gasteiger partial charge in [0.25, 0.3) is 0 Å². The predicted octanol–water partition coefficient (Wildman–Crippen LogP) is 8.34. The number of carbonyl (C=O) groups is 1. The fourth-order valence-corrected chi connectivity index (χ4v) is 6.39. The number of nitrogens with zero attached hydrogens (tertiary/aromatic N) is 2. The third-order valence-corrected chi connectivity index (χ3v) is 8.42. The number of ether oxygens (including phenoxy) is 1. The number of imidazole rings is 1. The molecule has 0 bridgehead atoms. The molecule has 0 amide bonds. The van der Waals surface area contributed by atoms with Crippen LogP contribution in [0, 0.1) is 17.6 Å². The number of aromatic nitrogens is 2. The zero-order valence-corrected chi connectivity index (χ0v) is 22.0. The lowest BCUT2D eigenvalue weighted by Crippen LogP contribution is -2.24. The average molecular weight is 541 g/mol. The van der Waals surface area contributed by atoms with E-state index in [-0.39, 0.29) is 12.0 Å². The van der Waals surface area contributed by atoms with E-state index in [0.29, 0.717) is 39.1 Å². The van der Waals surface area contributed by atoms with E-state index in [1.807, 2.05) is 24.3 Å². The summed E-state index contributed by atoms with van der Waals surface area (Å²) in [5, 5.41) is 0.610. The molecule has 5 rings (SSSR count). The van der Waals surface area contributed by atoms with Crippen LogP contribution in [0.5, 0.6) is 0 Å². The lowest BCUT2D eigenvalue weighted by molar-refractivity contribution is 0.0600. The first-order valence-corrected chi connectivity index (χ1v) is 13.7. The van der Waals surface area contributed by atoms with Crippen LogP contribution in [-0.2, 0) is 4.74 Å². The lowest BCUT2D eigenvalue weighted by Gasteiger charge is -2.33. The van der Waals surface area contributed by atoms with Gasteiger partial charge in [-0.2, -0.15) is 0 Å². The molecule has 0 N–H and O–H groups in total. The minimum atomic E-state index is -0.908. The van der Waals surface area contributed by atoms with Gasteiger partial charge in [0.2, 0.25) is 0 Å². The van der Waals surface area contributed by atoms with E-state index in [0.717, 1.165) is 36.1 Å². The molecule has 1 aliphatic carbocycles. The van der Waals surface area contributed by atoms with Crippen LogP contribution in [0.1, 0.15) is 48.5 Å². The summed E-state index contributed by atoms with van der Waals surface area (Å²) in [4.78, 5) is 17.6. The standard InChI is InChI=1S/C29H27ClF2N2O2S/c1-36-29(35)20-9-13-22(14-10-20)37-17-27(18-5-3-2-4-6-18)34-26-16-24(32)23(31)15-25(26)33-28(34)19-7-11-21(30)12-8-19/h7-16,18,27H,2-6,17H2,1H3. The van der Waals surface area contributed by atoms with Crippen molar-refractivity contribution in [2.24, 2.45) is 5.92 Å². The van der Waals surface area contributed by atoms with Crippen LogP contribution in [0.15, 0.2) is 65.6 Å². The molecule has 1 atom stereocenters. The second kappa shape index (κ2) is 11.2. The van der Waals surface area contributed by atoms with E-state index in [2.05, 4.69) is 4.57 Å². The number of esters is 1. The van der Waals surface area contributed by atoms with Crippen LogP contribution >= 0.6 is 23.4 Å². The molecular formula is C29H27ClF2N2O2S. The smallest absolute Gasteiger partial charge is 0.337 e. The van der Waals surface area contributed by atoms with Gasteiger partial charge in [0.1, 0.15) is 5.82 Å². The summed E-state index contributed by atoms with van der Waals surface area (Å²) >= 11 is 7.82. The van der Waals surface area contributed by atoms with Gasteiger partial charge in [-0.15, -0.1) is 11.8 Å². The van der Waals surface area contributed by atoms with Crippen molar-refractivity contribution in [2.75, 3.05) is 12.9 Å². The summed E-state index contributed by atoms with van der Waals surface area (Å²) in [6.45, 7) is 0. The second-order valence-corrected chi connectivity index (χ2v) is 10.9. The number of carbonyl (C=O) groups excluding carboxylic acids is 1. The maximum Gasteiger partial charge on any atom is 0.337 e. The first kappa shape index (κ1) is 25.7. The van der Waals surface area contributed by atoms with E-state index in [1.54, 1.807) is 36.0 Å². The number of hydrogen-bond acceptors (Lipinski definition) is 4. The minimum Gasteiger partial charge on any atom is -0.465 e. The molecular weight excluding hydrogens is 514 g/mol. The van der Waals surface area contributed by atoms with Gasteiger partial charge in [0, 0.05) is 39.4 Å². The van der Waals surface area contributed by atoms with Crippen molar-refractivity contribution in [1.82, 2.24) is 9.55 Å². The van der Waals surface area contributed by atoms with Crippen molar-refractivity contribution >= 4 is 40.4 Å². The summed E-state index contributed by atoms with van der Waals surface area (Å²) in [5.41, 5.74) is 2.35. The Morgan fingerprint density at radius 3 is 2.41 bits per heavy atom. The van der Waals surface area contributed by atoms with Gasteiger partial charge in [-0.3, -0.25) is 0 Å². The largest absolute Gasteiger partial charge is 0.465 e. The van der Waals surface area contributed by atoms with Crippen molar-refractivity contribution in [3.63, 3.8) is 0 Å². The maximum atomic E-state index is 14.5. The van der Waals surface area contributed by atoms with Crippen LogP contribution in [0.25, 0.3) is 22.4 Å². The Bertz CT molecular complexity index is 1400. The van der Waals surface area contributed by atoms with Crippen molar-refractivity contribution in [3.8, 4) is 11.4 Å². The molecule has 37 heavy (non-hydrogen) atoms. The first-order valence-electron chi connectivity index (χ1n) is 12.4. The molecule has 1 aromatic heterocycles. The number of fused-ring (bicyclic) bond motifs is 1. The molecule has 4 nitrogen and oxygen atoms in total. The van der Waals surface area contributed by atoms with Crippen molar-refractivity contribution < 1.29 is 18.3 Å². The van der Waals surface area contributed by atoms with Gasteiger partial charge in [-0.1, -0.05) is 30.9 Å². The minimum absolute atomic E-state index is 0.00567. The zero-order chi connectivity index (χ0) is 25.9. The molecule has 1 aliphatic rings. The van der Waals surface area contributed by atoms with Crippen LogP contribution < -0.4 is 0 Å². The molecule has 0 spiro atoms. The van der Waals surface area contributed by atoms with E-state index in [1.165, 1.54) is 25.7 Å². The van der Waals surface area contributed by atoms with E-state index < -0.39 is 11.6 Å². The van der Waals surface area contributed by atoms with Gasteiger partial charge in [-0.05, 0) is 67.3 Å². The third-order valence-electron chi connectivity index (χ3n) is 7.06.